The molecule has 0 atom stereocenters. The van der Waals surface area contributed by atoms with Crippen LogP contribution >= 0.6 is 0 Å². The van der Waals surface area contributed by atoms with Crippen molar-refractivity contribution in [2.24, 2.45) is 5.73 Å². The molecule has 1 aromatic heterocycles. The summed E-state index contributed by atoms with van der Waals surface area (Å²) in [4.78, 5) is 15.9. The summed E-state index contributed by atoms with van der Waals surface area (Å²) in [7, 11) is 0. The second-order valence-corrected chi connectivity index (χ2v) is 3.61. The second kappa shape index (κ2) is 4.97. The standard InChI is InChI=1S/C12H15N3O2/c1-2-17-12(16)8-15-10-6-4-3-5-9(10)14-11(15)7-13/h3-6H,2,7-8,13H2,1H3. The molecule has 0 unspecified atom stereocenters. The van der Waals surface area contributed by atoms with Crippen LogP contribution in [0.3, 0.4) is 0 Å². The Balaban J connectivity index is 2.39. The maximum Gasteiger partial charge on any atom is 0.326 e. The van der Waals surface area contributed by atoms with Crippen molar-refractivity contribution < 1.29 is 9.53 Å². The van der Waals surface area contributed by atoms with Crippen LogP contribution in [0, 0.1) is 0 Å². The molecule has 1 heterocycles. The van der Waals surface area contributed by atoms with Gasteiger partial charge in [0.1, 0.15) is 12.4 Å². The van der Waals surface area contributed by atoms with Crippen LogP contribution < -0.4 is 5.73 Å². The Morgan fingerprint density at radius 3 is 2.94 bits per heavy atom. The predicted molar refractivity (Wildman–Crippen MR) is 64.3 cm³/mol. The van der Waals surface area contributed by atoms with Crippen molar-refractivity contribution in [1.82, 2.24) is 9.55 Å². The number of imidazole rings is 1. The Hall–Kier alpha value is -1.88. The summed E-state index contributed by atoms with van der Waals surface area (Å²) in [5.41, 5.74) is 7.38. The molecule has 0 saturated carbocycles. The minimum atomic E-state index is -0.273. The minimum Gasteiger partial charge on any atom is -0.465 e. The smallest absolute Gasteiger partial charge is 0.326 e. The summed E-state index contributed by atoms with van der Waals surface area (Å²) >= 11 is 0. The molecule has 5 nitrogen and oxygen atoms in total. The van der Waals surface area contributed by atoms with E-state index in [1.54, 1.807) is 11.5 Å². The van der Waals surface area contributed by atoms with E-state index in [1.807, 2.05) is 24.3 Å². The number of hydrogen-bond donors (Lipinski definition) is 1. The second-order valence-electron chi connectivity index (χ2n) is 3.61. The van der Waals surface area contributed by atoms with Gasteiger partial charge in [-0.3, -0.25) is 4.79 Å². The molecular weight excluding hydrogens is 218 g/mol. The van der Waals surface area contributed by atoms with Gasteiger partial charge < -0.3 is 15.0 Å². The van der Waals surface area contributed by atoms with Crippen molar-refractivity contribution in [2.75, 3.05) is 6.61 Å². The number of ether oxygens (including phenoxy) is 1. The molecule has 0 fully saturated rings. The summed E-state index contributed by atoms with van der Waals surface area (Å²) in [5, 5.41) is 0. The topological polar surface area (TPSA) is 70.1 Å². The number of rotatable bonds is 4. The maximum atomic E-state index is 11.5. The summed E-state index contributed by atoms with van der Waals surface area (Å²) < 4.78 is 6.73. The predicted octanol–water partition coefficient (Wildman–Crippen LogP) is 1.06. The highest BCUT2D eigenvalue weighted by atomic mass is 16.5. The lowest BCUT2D eigenvalue weighted by Crippen LogP contribution is -2.17. The highest BCUT2D eigenvalue weighted by Gasteiger charge is 2.12. The van der Waals surface area contributed by atoms with Crippen molar-refractivity contribution >= 4 is 17.0 Å². The molecule has 0 amide bonds. The number of carbonyl (C=O) groups excluding carboxylic acids is 1. The fraction of sp³-hybridized carbons (Fsp3) is 0.333. The van der Waals surface area contributed by atoms with Gasteiger partial charge in [-0.05, 0) is 19.1 Å². The number of hydrogen-bond acceptors (Lipinski definition) is 4. The fourth-order valence-corrected chi connectivity index (χ4v) is 1.79. The van der Waals surface area contributed by atoms with E-state index in [2.05, 4.69) is 4.98 Å². The Morgan fingerprint density at radius 1 is 1.47 bits per heavy atom. The Morgan fingerprint density at radius 2 is 2.24 bits per heavy atom. The van der Waals surface area contributed by atoms with E-state index in [9.17, 15) is 4.79 Å². The molecule has 0 radical (unpaired) electrons. The molecule has 0 bridgehead atoms. The van der Waals surface area contributed by atoms with E-state index in [1.165, 1.54) is 0 Å². The number of carbonyl (C=O) groups is 1. The molecule has 90 valence electrons. The molecule has 2 N–H and O–H groups in total. The zero-order chi connectivity index (χ0) is 12.3. The summed E-state index contributed by atoms with van der Waals surface area (Å²) in [6.45, 7) is 2.62. The minimum absolute atomic E-state index is 0.154. The summed E-state index contributed by atoms with van der Waals surface area (Å²) in [5.74, 6) is 0.421. The van der Waals surface area contributed by atoms with Crippen LogP contribution in [0.1, 0.15) is 12.7 Å². The van der Waals surface area contributed by atoms with Gasteiger partial charge in [0.15, 0.2) is 0 Å². The van der Waals surface area contributed by atoms with Crippen LogP contribution in [-0.4, -0.2) is 22.1 Å². The van der Waals surface area contributed by atoms with Crippen molar-refractivity contribution in [1.29, 1.82) is 0 Å². The number of benzene rings is 1. The molecule has 0 aliphatic heterocycles. The van der Waals surface area contributed by atoms with E-state index in [0.29, 0.717) is 19.0 Å². The monoisotopic (exact) mass is 233 g/mol. The first-order valence-electron chi connectivity index (χ1n) is 5.56. The van der Waals surface area contributed by atoms with Crippen molar-refractivity contribution in [3.8, 4) is 0 Å². The van der Waals surface area contributed by atoms with Crippen molar-refractivity contribution in [3.63, 3.8) is 0 Å². The first-order chi connectivity index (χ1) is 8.26. The van der Waals surface area contributed by atoms with Crippen LogP contribution in [0.2, 0.25) is 0 Å². The van der Waals surface area contributed by atoms with Crippen molar-refractivity contribution in [3.05, 3.63) is 30.1 Å². The molecule has 0 spiro atoms. The normalized spacial score (nSPS) is 10.7. The van der Waals surface area contributed by atoms with Gasteiger partial charge in [0, 0.05) is 0 Å². The average Bonchev–Trinajstić information content (AvgIpc) is 2.68. The number of aromatic nitrogens is 2. The largest absolute Gasteiger partial charge is 0.465 e. The Kier molecular flexibility index (Phi) is 3.39. The molecule has 0 aliphatic rings. The third-order valence-electron chi connectivity index (χ3n) is 2.51. The van der Waals surface area contributed by atoms with Crippen LogP contribution in [0.15, 0.2) is 24.3 Å². The quantitative estimate of drug-likeness (QED) is 0.801. The lowest BCUT2D eigenvalue weighted by molar-refractivity contribution is -0.143. The maximum absolute atomic E-state index is 11.5. The van der Waals surface area contributed by atoms with Crippen LogP contribution in [-0.2, 0) is 22.6 Å². The van der Waals surface area contributed by atoms with Gasteiger partial charge in [0.2, 0.25) is 0 Å². The molecule has 0 saturated heterocycles. The van der Waals surface area contributed by atoms with E-state index in [4.69, 9.17) is 10.5 Å². The van der Waals surface area contributed by atoms with Crippen LogP contribution in [0.5, 0.6) is 0 Å². The average molecular weight is 233 g/mol. The zero-order valence-electron chi connectivity index (χ0n) is 9.72. The lowest BCUT2D eigenvalue weighted by atomic mass is 10.3. The first-order valence-corrected chi connectivity index (χ1v) is 5.56. The van der Waals surface area contributed by atoms with Gasteiger partial charge >= 0.3 is 5.97 Å². The van der Waals surface area contributed by atoms with E-state index in [0.717, 1.165) is 11.0 Å². The Bertz CT molecular complexity index is 534. The van der Waals surface area contributed by atoms with Gasteiger partial charge in [-0.25, -0.2) is 4.98 Å². The number of fused-ring (bicyclic) bond motifs is 1. The summed E-state index contributed by atoms with van der Waals surface area (Å²) in [6, 6.07) is 7.63. The van der Waals surface area contributed by atoms with Crippen LogP contribution in [0.4, 0.5) is 0 Å². The molecular formula is C12H15N3O2. The number of para-hydroxylation sites is 2. The highest BCUT2D eigenvalue weighted by molar-refractivity contribution is 5.78. The zero-order valence-corrected chi connectivity index (χ0v) is 9.72. The molecule has 0 aliphatic carbocycles. The molecule has 2 rings (SSSR count). The van der Waals surface area contributed by atoms with E-state index in [-0.39, 0.29) is 12.5 Å². The SMILES string of the molecule is CCOC(=O)Cn1c(CN)nc2ccccc21. The van der Waals surface area contributed by atoms with Crippen LogP contribution in [0.25, 0.3) is 11.0 Å². The number of nitrogens with two attached hydrogens (primary N) is 1. The van der Waals surface area contributed by atoms with Crippen molar-refractivity contribution in [2.45, 2.75) is 20.0 Å². The highest BCUT2D eigenvalue weighted by Crippen LogP contribution is 2.15. The van der Waals surface area contributed by atoms with Gasteiger partial charge in [0.25, 0.3) is 0 Å². The molecule has 17 heavy (non-hydrogen) atoms. The van der Waals surface area contributed by atoms with E-state index >= 15 is 0 Å². The van der Waals surface area contributed by atoms with Gasteiger partial charge in [-0.1, -0.05) is 12.1 Å². The molecule has 5 heteroatoms. The Labute approximate surface area is 99.2 Å². The van der Waals surface area contributed by atoms with Gasteiger partial charge in [-0.15, -0.1) is 0 Å². The number of nitrogens with zero attached hydrogens (tertiary/aromatic N) is 2. The fourth-order valence-electron chi connectivity index (χ4n) is 1.79. The third-order valence-corrected chi connectivity index (χ3v) is 2.51. The van der Waals surface area contributed by atoms with Gasteiger partial charge in [-0.2, -0.15) is 0 Å². The molecule has 1 aromatic carbocycles. The lowest BCUT2D eigenvalue weighted by Gasteiger charge is -2.07. The summed E-state index contributed by atoms with van der Waals surface area (Å²) in [6.07, 6.45) is 0. The third kappa shape index (κ3) is 2.29. The molecule has 2 aromatic rings. The number of esters is 1. The first kappa shape index (κ1) is 11.6. The van der Waals surface area contributed by atoms with E-state index < -0.39 is 0 Å². The van der Waals surface area contributed by atoms with Gasteiger partial charge in [0.05, 0.1) is 24.2 Å².